The van der Waals surface area contributed by atoms with Gasteiger partial charge in [0.2, 0.25) is 0 Å². The minimum Gasteiger partial charge on any atom is -0.481 e. The van der Waals surface area contributed by atoms with Crippen molar-refractivity contribution in [3.8, 4) is 0 Å². The highest BCUT2D eigenvalue weighted by Gasteiger charge is 2.30. The van der Waals surface area contributed by atoms with Crippen LogP contribution in [0.1, 0.15) is 30.0 Å². The number of rotatable bonds is 3. The molecule has 2 N–H and O–H groups in total. The van der Waals surface area contributed by atoms with Crippen LogP contribution in [0, 0.1) is 12.8 Å². The number of aliphatic carboxylic acids is 1. The first-order chi connectivity index (χ1) is 7.68. The third-order valence-corrected chi connectivity index (χ3v) is 3.31. The molecule has 3 nitrogen and oxygen atoms in total. The molecule has 3 heteroatoms. The van der Waals surface area contributed by atoms with Gasteiger partial charge in [0.05, 0.1) is 6.42 Å². The van der Waals surface area contributed by atoms with E-state index in [0.717, 1.165) is 13.0 Å². The maximum atomic E-state index is 10.8. The largest absolute Gasteiger partial charge is 0.481 e. The molecule has 0 aromatic heterocycles. The van der Waals surface area contributed by atoms with Gasteiger partial charge in [0, 0.05) is 6.04 Å². The molecule has 0 spiro atoms. The molecule has 1 aliphatic heterocycles. The molecule has 16 heavy (non-hydrogen) atoms. The van der Waals surface area contributed by atoms with Crippen LogP contribution in [-0.2, 0) is 4.79 Å². The minimum absolute atomic E-state index is 0.206. The first kappa shape index (κ1) is 11.1. The molecule has 2 unspecified atom stereocenters. The van der Waals surface area contributed by atoms with Crippen molar-refractivity contribution in [1.82, 2.24) is 5.32 Å². The molecule has 1 aromatic carbocycles. The van der Waals surface area contributed by atoms with E-state index in [2.05, 4.69) is 24.4 Å². The number of aryl methyl sites for hydroxylation is 1. The molecule has 2 atom stereocenters. The Bertz CT molecular complexity index is 389. The van der Waals surface area contributed by atoms with E-state index in [1.807, 2.05) is 12.1 Å². The van der Waals surface area contributed by atoms with Crippen LogP contribution < -0.4 is 5.32 Å². The summed E-state index contributed by atoms with van der Waals surface area (Å²) < 4.78 is 0. The molecule has 1 fully saturated rings. The van der Waals surface area contributed by atoms with E-state index in [9.17, 15) is 4.79 Å². The van der Waals surface area contributed by atoms with Crippen LogP contribution in [0.3, 0.4) is 0 Å². The second-order valence-corrected chi connectivity index (χ2v) is 4.44. The summed E-state index contributed by atoms with van der Waals surface area (Å²) in [6, 6.07) is 8.40. The molecule has 0 saturated carbocycles. The van der Waals surface area contributed by atoms with Crippen LogP contribution in [0.25, 0.3) is 0 Å². The van der Waals surface area contributed by atoms with Crippen LogP contribution in [0.5, 0.6) is 0 Å². The number of carboxylic acids is 1. The van der Waals surface area contributed by atoms with Gasteiger partial charge in [-0.15, -0.1) is 0 Å². The highest BCUT2D eigenvalue weighted by Crippen LogP contribution is 2.33. The molecule has 0 bridgehead atoms. The maximum Gasteiger partial charge on any atom is 0.303 e. The van der Waals surface area contributed by atoms with Crippen molar-refractivity contribution < 1.29 is 9.90 Å². The van der Waals surface area contributed by atoms with Gasteiger partial charge in [0.25, 0.3) is 0 Å². The smallest absolute Gasteiger partial charge is 0.303 e. The average molecular weight is 219 g/mol. The molecular weight excluding hydrogens is 202 g/mol. The van der Waals surface area contributed by atoms with E-state index in [1.54, 1.807) is 0 Å². The highest BCUT2D eigenvalue weighted by atomic mass is 16.4. The summed E-state index contributed by atoms with van der Waals surface area (Å²) in [6.45, 7) is 2.99. The van der Waals surface area contributed by atoms with Crippen LogP contribution >= 0.6 is 0 Å². The Kier molecular flexibility index (Phi) is 3.25. The lowest BCUT2D eigenvalue weighted by Gasteiger charge is -2.20. The van der Waals surface area contributed by atoms with E-state index in [0.29, 0.717) is 0 Å². The zero-order valence-electron chi connectivity index (χ0n) is 9.44. The van der Waals surface area contributed by atoms with E-state index in [-0.39, 0.29) is 18.4 Å². The van der Waals surface area contributed by atoms with Gasteiger partial charge in [-0.3, -0.25) is 4.79 Å². The minimum atomic E-state index is -0.702. The summed E-state index contributed by atoms with van der Waals surface area (Å²) >= 11 is 0. The van der Waals surface area contributed by atoms with Crippen molar-refractivity contribution in [3.05, 3.63) is 35.4 Å². The number of hydrogen-bond acceptors (Lipinski definition) is 2. The maximum absolute atomic E-state index is 10.8. The second kappa shape index (κ2) is 4.66. The van der Waals surface area contributed by atoms with Crippen molar-refractivity contribution in [2.45, 2.75) is 25.8 Å². The van der Waals surface area contributed by atoms with Crippen LogP contribution in [-0.4, -0.2) is 17.6 Å². The molecule has 86 valence electrons. The van der Waals surface area contributed by atoms with Gasteiger partial charge >= 0.3 is 5.97 Å². The van der Waals surface area contributed by atoms with Crippen LogP contribution in [0.4, 0.5) is 0 Å². The lowest BCUT2D eigenvalue weighted by Crippen LogP contribution is -2.20. The number of nitrogens with one attached hydrogen (secondary N) is 1. The Balaban J connectivity index is 2.20. The fourth-order valence-corrected chi connectivity index (χ4v) is 2.50. The van der Waals surface area contributed by atoms with Crippen molar-refractivity contribution in [3.63, 3.8) is 0 Å². The number of benzene rings is 1. The van der Waals surface area contributed by atoms with Crippen LogP contribution in [0.15, 0.2) is 24.3 Å². The zero-order chi connectivity index (χ0) is 11.5. The van der Waals surface area contributed by atoms with Gasteiger partial charge in [0.15, 0.2) is 0 Å². The van der Waals surface area contributed by atoms with Crippen LogP contribution in [0.2, 0.25) is 0 Å². The predicted molar refractivity (Wildman–Crippen MR) is 62.3 cm³/mol. The lowest BCUT2D eigenvalue weighted by molar-refractivity contribution is -0.138. The molecule has 0 aliphatic carbocycles. The zero-order valence-corrected chi connectivity index (χ0v) is 9.44. The Morgan fingerprint density at radius 1 is 1.50 bits per heavy atom. The number of carbonyl (C=O) groups is 1. The Labute approximate surface area is 95.5 Å². The van der Waals surface area contributed by atoms with E-state index in [4.69, 9.17) is 5.11 Å². The third kappa shape index (κ3) is 2.25. The molecule has 0 amide bonds. The summed E-state index contributed by atoms with van der Waals surface area (Å²) in [7, 11) is 0. The van der Waals surface area contributed by atoms with Gasteiger partial charge in [0.1, 0.15) is 0 Å². The topological polar surface area (TPSA) is 49.3 Å². The van der Waals surface area contributed by atoms with Gasteiger partial charge in [-0.25, -0.2) is 0 Å². The quantitative estimate of drug-likeness (QED) is 0.818. The molecule has 2 rings (SSSR count). The standard InChI is InChI=1S/C13H17NO2/c1-9-4-2-3-5-11(9)13-10(6-7-14-13)8-12(15)16/h2-5,10,13-14H,6-8H2,1H3,(H,15,16). The number of carboxylic acid groups (broad SMARTS) is 1. The molecule has 0 radical (unpaired) electrons. The fourth-order valence-electron chi connectivity index (χ4n) is 2.50. The summed E-state index contributed by atoms with van der Waals surface area (Å²) in [5.74, 6) is -0.481. The summed E-state index contributed by atoms with van der Waals surface area (Å²) in [6.07, 6.45) is 1.21. The summed E-state index contributed by atoms with van der Waals surface area (Å²) in [5, 5.41) is 12.3. The van der Waals surface area contributed by atoms with Crippen molar-refractivity contribution in [1.29, 1.82) is 0 Å². The molecular formula is C13H17NO2. The predicted octanol–water partition coefficient (Wildman–Crippen LogP) is 2.12. The van der Waals surface area contributed by atoms with Crippen molar-refractivity contribution >= 4 is 5.97 Å². The fraction of sp³-hybridized carbons (Fsp3) is 0.462. The lowest BCUT2D eigenvalue weighted by atomic mass is 9.89. The van der Waals surface area contributed by atoms with Gasteiger partial charge in [-0.2, -0.15) is 0 Å². The monoisotopic (exact) mass is 219 g/mol. The highest BCUT2D eigenvalue weighted by molar-refractivity contribution is 5.67. The van der Waals surface area contributed by atoms with Crippen molar-refractivity contribution in [2.75, 3.05) is 6.54 Å². The third-order valence-electron chi connectivity index (χ3n) is 3.31. The van der Waals surface area contributed by atoms with Gasteiger partial charge in [-0.05, 0) is 36.9 Å². The number of hydrogen-bond donors (Lipinski definition) is 2. The second-order valence-electron chi connectivity index (χ2n) is 4.44. The average Bonchev–Trinajstić information content (AvgIpc) is 2.66. The van der Waals surface area contributed by atoms with E-state index >= 15 is 0 Å². The summed E-state index contributed by atoms with van der Waals surface area (Å²) in [4.78, 5) is 10.8. The van der Waals surface area contributed by atoms with Crippen molar-refractivity contribution in [2.24, 2.45) is 5.92 Å². The van der Waals surface area contributed by atoms with Gasteiger partial charge < -0.3 is 10.4 Å². The van der Waals surface area contributed by atoms with E-state index < -0.39 is 5.97 Å². The normalized spacial score (nSPS) is 24.6. The Morgan fingerprint density at radius 2 is 2.25 bits per heavy atom. The first-order valence-corrected chi connectivity index (χ1v) is 5.69. The van der Waals surface area contributed by atoms with E-state index in [1.165, 1.54) is 11.1 Å². The SMILES string of the molecule is Cc1ccccc1C1NCCC1CC(=O)O. The Hall–Kier alpha value is -1.35. The molecule has 1 aliphatic rings. The summed E-state index contributed by atoms with van der Waals surface area (Å²) in [5.41, 5.74) is 2.48. The first-order valence-electron chi connectivity index (χ1n) is 5.69. The molecule has 1 aromatic rings. The Morgan fingerprint density at radius 3 is 2.94 bits per heavy atom. The molecule has 1 saturated heterocycles. The van der Waals surface area contributed by atoms with Gasteiger partial charge in [-0.1, -0.05) is 24.3 Å². The molecule has 1 heterocycles.